The van der Waals surface area contributed by atoms with Gasteiger partial charge in [0.25, 0.3) is 0 Å². The zero-order chi connectivity index (χ0) is 9.68. The molecule has 2 atom stereocenters. The predicted molar refractivity (Wildman–Crippen MR) is 48.2 cm³/mol. The maximum absolute atomic E-state index is 11.3. The highest BCUT2D eigenvalue weighted by atomic mass is 16.5. The molecule has 0 bridgehead atoms. The van der Waals surface area contributed by atoms with Crippen molar-refractivity contribution in [2.24, 2.45) is 11.7 Å². The van der Waals surface area contributed by atoms with Crippen LogP contribution < -0.4 is 5.73 Å². The molecular weight excluding hydrogens is 170 g/mol. The normalized spacial score (nSPS) is 25.2. The molecule has 0 aromatic rings. The van der Waals surface area contributed by atoms with Crippen molar-refractivity contribution in [3.05, 3.63) is 0 Å². The highest BCUT2D eigenvalue weighted by Gasteiger charge is 2.29. The Balaban J connectivity index is 2.48. The van der Waals surface area contributed by atoms with Gasteiger partial charge < -0.3 is 15.2 Å². The lowest BCUT2D eigenvalue weighted by molar-refractivity contribution is -0.152. The third kappa shape index (κ3) is 2.67. The second-order valence-electron chi connectivity index (χ2n) is 3.27. The van der Waals surface area contributed by atoms with E-state index >= 15 is 0 Å². The third-order valence-electron chi connectivity index (χ3n) is 2.42. The molecular formula is C9H17NO3. The number of ether oxygens (including phenoxy) is 2. The van der Waals surface area contributed by atoms with Crippen molar-refractivity contribution in [1.82, 2.24) is 0 Å². The first-order valence-corrected chi connectivity index (χ1v) is 4.69. The van der Waals surface area contributed by atoms with Crippen molar-refractivity contribution in [2.75, 3.05) is 20.3 Å². The topological polar surface area (TPSA) is 61.5 Å². The number of esters is 1. The Bertz CT molecular complexity index is 166. The summed E-state index contributed by atoms with van der Waals surface area (Å²) in [4.78, 5) is 11.3. The molecule has 0 aliphatic carbocycles. The summed E-state index contributed by atoms with van der Waals surface area (Å²) >= 11 is 0. The molecule has 2 N–H and O–H groups in total. The average molecular weight is 187 g/mol. The van der Waals surface area contributed by atoms with Crippen molar-refractivity contribution >= 4 is 5.97 Å². The van der Waals surface area contributed by atoms with Crippen molar-refractivity contribution in [1.29, 1.82) is 0 Å². The van der Waals surface area contributed by atoms with Gasteiger partial charge in [-0.3, -0.25) is 4.79 Å². The molecule has 4 heteroatoms. The smallest absolute Gasteiger partial charge is 0.312 e. The van der Waals surface area contributed by atoms with Crippen LogP contribution in [0.2, 0.25) is 0 Å². The van der Waals surface area contributed by atoms with Crippen LogP contribution in [0.25, 0.3) is 0 Å². The summed E-state index contributed by atoms with van der Waals surface area (Å²) in [5, 5.41) is 0. The minimum Gasteiger partial charge on any atom is -0.469 e. The summed E-state index contributed by atoms with van der Waals surface area (Å²) in [6.45, 7) is 1.04. The van der Waals surface area contributed by atoms with Crippen molar-refractivity contribution in [3.63, 3.8) is 0 Å². The van der Waals surface area contributed by atoms with E-state index in [1.54, 1.807) is 0 Å². The predicted octanol–water partition coefficient (Wildman–Crippen LogP) is 0.303. The standard InChI is InChI=1S/C9H17NO3/c1-12-9(11)7(6-10)8-4-2-3-5-13-8/h7-8H,2-6,10H2,1H3. The van der Waals surface area contributed by atoms with E-state index in [4.69, 9.17) is 10.5 Å². The van der Waals surface area contributed by atoms with Crippen LogP contribution in [-0.2, 0) is 14.3 Å². The van der Waals surface area contributed by atoms with Gasteiger partial charge in [0.2, 0.25) is 0 Å². The molecule has 0 radical (unpaired) electrons. The highest BCUT2D eigenvalue weighted by Crippen LogP contribution is 2.20. The summed E-state index contributed by atoms with van der Waals surface area (Å²) in [6, 6.07) is 0. The highest BCUT2D eigenvalue weighted by molar-refractivity contribution is 5.73. The van der Waals surface area contributed by atoms with E-state index in [0.29, 0.717) is 6.54 Å². The molecule has 76 valence electrons. The number of rotatable bonds is 3. The molecule has 0 amide bonds. The summed E-state index contributed by atoms with van der Waals surface area (Å²) in [5.41, 5.74) is 5.50. The SMILES string of the molecule is COC(=O)C(CN)C1CCCCO1. The zero-order valence-electron chi connectivity index (χ0n) is 7.99. The van der Waals surface area contributed by atoms with Crippen molar-refractivity contribution in [2.45, 2.75) is 25.4 Å². The molecule has 0 spiro atoms. The minimum atomic E-state index is -0.287. The van der Waals surface area contributed by atoms with Gasteiger partial charge in [-0.15, -0.1) is 0 Å². The fourth-order valence-corrected chi connectivity index (χ4v) is 1.63. The van der Waals surface area contributed by atoms with Crippen LogP contribution in [0.15, 0.2) is 0 Å². The van der Waals surface area contributed by atoms with E-state index in [1.165, 1.54) is 7.11 Å². The lowest BCUT2D eigenvalue weighted by Gasteiger charge is -2.27. The maximum Gasteiger partial charge on any atom is 0.312 e. The van der Waals surface area contributed by atoms with Crippen LogP contribution in [0.4, 0.5) is 0 Å². The monoisotopic (exact) mass is 187 g/mol. The summed E-state index contributed by atoms with van der Waals surface area (Å²) in [7, 11) is 1.38. The Kier molecular flexibility index (Phi) is 4.18. The van der Waals surface area contributed by atoms with E-state index in [9.17, 15) is 4.79 Å². The Morgan fingerprint density at radius 1 is 1.69 bits per heavy atom. The first-order valence-electron chi connectivity index (χ1n) is 4.69. The molecule has 0 aromatic carbocycles. The van der Waals surface area contributed by atoms with E-state index in [0.717, 1.165) is 25.9 Å². The van der Waals surface area contributed by atoms with Gasteiger partial charge in [0.05, 0.1) is 19.1 Å². The van der Waals surface area contributed by atoms with Crippen molar-refractivity contribution < 1.29 is 14.3 Å². The fraction of sp³-hybridized carbons (Fsp3) is 0.889. The largest absolute Gasteiger partial charge is 0.469 e. The molecule has 1 fully saturated rings. The summed E-state index contributed by atoms with van der Waals surface area (Å²) in [5.74, 6) is -0.542. The van der Waals surface area contributed by atoms with Gasteiger partial charge in [-0.1, -0.05) is 0 Å². The van der Waals surface area contributed by atoms with Crippen LogP contribution in [0.5, 0.6) is 0 Å². The minimum absolute atomic E-state index is 0.0359. The molecule has 0 aromatic heterocycles. The Hall–Kier alpha value is -0.610. The number of methoxy groups -OCH3 is 1. The first kappa shape index (κ1) is 10.5. The Morgan fingerprint density at radius 3 is 2.92 bits per heavy atom. The van der Waals surface area contributed by atoms with E-state index in [1.807, 2.05) is 0 Å². The maximum atomic E-state index is 11.3. The van der Waals surface area contributed by atoms with Gasteiger partial charge >= 0.3 is 5.97 Å². The number of carbonyl (C=O) groups excluding carboxylic acids is 1. The molecule has 1 aliphatic rings. The average Bonchev–Trinajstić information content (AvgIpc) is 2.20. The van der Waals surface area contributed by atoms with Gasteiger partial charge in [0.1, 0.15) is 0 Å². The van der Waals surface area contributed by atoms with E-state index in [-0.39, 0.29) is 18.0 Å². The molecule has 2 unspecified atom stereocenters. The zero-order valence-corrected chi connectivity index (χ0v) is 7.99. The van der Waals surface area contributed by atoms with Crippen LogP contribution in [-0.4, -0.2) is 32.3 Å². The Labute approximate surface area is 78.4 Å². The molecule has 0 saturated carbocycles. The van der Waals surface area contributed by atoms with Crippen LogP contribution in [0.3, 0.4) is 0 Å². The molecule has 1 rings (SSSR count). The second-order valence-corrected chi connectivity index (χ2v) is 3.27. The van der Waals surface area contributed by atoms with Gasteiger partial charge in [0.15, 0.2) is 0 Å². The quantitative estimate of drug-likeness (QED) is 0.646. The summed E-state index contributed by atoms with van der Waals surface area (Å²) in [6.07, 6.45) is 3.07. The number of nitrogens with two attached hydrogens (primary N) is 1. The lowest BCUT2D eigenvalue weighted by Crippen LogP contribution is -2.38. The van der Waals surface area contributed by atoms with Crippen LogP contribution >= 0.6 is 0 Å². The van der Waals surface area contributed by atoms with Gasteiger partial charge in [-0.2, -0.15) is 0 Å². The fourth-order valence-electron chi connectivity index (χ4n) is 1.63. The Morgan fingerprint density at radius 2 is 2.46 bits per heavy atom. The molecule has 1 saturated heterocycles. The number of hydrogen-bond donors (Lipinski definition) is 1. The first-order chi connectivity index (χ1) is 6.29. The van der Waals surface area contributed by atoms with Crippen LogP contribution in [0.1, 0.15) is 19.3 Å². The molecule has 1 heterocycles. The van der Waals surface area contributed by atoms with E-state index < -0.39 is 0 Å². The van der Waals surface area contributed by atoms with Gasteiger partial charge in [-0.05, 0) is 19.3 Å². The number of carbonyl (C=O) groups is 1. The molecule has 1 aliphatic heterocycles. The molecule has 4 nitrogen and oxygen atoms in total. The van der Waals surface area contributed by atoms with Crippen LogP contribution in [0, 0.1) is 5.92 Å². The van der Waals surface area contributed by atoms with E-state index in [2.05, 4.69) is 4.74 Å². The summed E-state index contributed by atoms with van der Waals surface area (Å²) < 4.78 is 10.1. The molecule has 13 heavy (non-hydrogen) atoms. The van der Waals surface area contributed by atoms with Gasteiger partial charge in [-0.25, -0.2) is 0 Å². The van der Waals surface area contributed by atoms with Gasteiger partial charge in [0, 0.05) is 13.2 Å². The second kappa shape index (κ2) is 5.19. The third-order valence-corrected chi connectivity index (χ3v) is 2.42. The lowest BCUT2D eigenvalue weighted by atomic mass is 9.96. The number of hydrogen-bond acceptors (Lipinski definition) is 4. The van der Waals surface area contributed by atoms with Crippen molar-refractivity contribution in [3.8, 4) is 0 Å².